The third-order valence-electron chi connectivity index (χ3n) is 5.11. The SMILES string of the molecule is CCOc1cc(O)c(C(=O)/C=C/c2ccc(Cl)cc2Cl)cc1CN1CCN(C)CC1. The van der Waals surface area contributed by atoms with Crippen molar-refractivity contribution in [1.82, 2.24) is 9.80 Å². The second-order valence-corrected chi connectivity index (χ2v) is 8.20. The van der Waals surface area contributed by atoms with Crippen molar-refractivity contribution in [2.75, 3.05) is 39.8 Å². The van der Waals surface area contributed by atoms with Crippen molar-refractivity contribution in [1.29, 1.82) is 0 Å². The van der Waals surface area contributed by atoms with Crippen molar-refractivity contribution in [2.45, 2.75) is 13.5 Å². The number of carbonyl (C=O) groups excluding carboxylic acids is 1. The van der Waals surface area contributed by atoms with E-state index < -0.39 is 0 Å². The quantitative estimate of drug-likeness (QED) is 0.489. The molecule has 0 aliphatic carbocycles. The van der Waals surface area contributed by atoms with Gasteiger partial charge in [0.2, 0.25) is 0 Å². The number of ketones is 1. The minimum atomic E-state index is -0.304. The van der Waals surface area contributed by atoms with E-state index in [1.165, 1.54) is 12.1 Å². The maximum Gasteiger partial charge on any atom is 0.189 e. The van der Waals surface area contributed by atoms with Crippen LogP contribution >= 0.6 is 23.2 Å². The number of allylic oxidation sites excluding steroid dienone is 1. The molecule has 0 radical (unpaired) electrons. The highest BCUT2D eigenvalue weighted by Crippen LogP contribution is 2.31. The fourth-order valence-corrected chi connectivity index (χ4v) is 3.84. The molecule has 5 nitrogen and oxygen atoms in total. The van der Waals surface area contributed by atoms with Gasteiger partial charge in [-0.3, -0.25) is 9.69 Å². The number of carbonyl (C=O) groups is 1. The van der Waals surface area contributed by atoms with E-state index >= 15 is 0 Å². The van der Waals surface area contributed by atoms with Crippen molar-refractivity contribution in [3.63, 3.8) is 0 Å². The molecule has 1 fully saturated rings. The molecule has 7 heteroatoms. The number of ether oxygens (including phenoxy) is 1. The minimum absolute atomic E-state index is 0.0996. The van der Waals surface area contributed by atoms with Crippen molar-refractivity contribution >= 4 is 35.1 Å². The van der Waals surface area contributed by atoms with Crippen molar-refractivity contribution in [3.05, 3.63) is 63.1 Å². The second kappa shape index (κ2) is 10.3. The highest BCUT2D eigenvalue weighted by Gasteiger charge is 2.19. The third kappa shape index (κ3) is 5.76. The fraction of sp³-hybridized carbons (Fsp3) is 0.348. The molecule has 0 saturated carbocycles. The van der Waals surface area contributed by atoms with Gasteiger partial charge in [-0.05, 0) is 49.9 Å². The summed E-state index contributed by atoms with van der Waals surface area (Å²) in [6.45, 7) is 6.93. The highest BCUT2D eigenvalue weighted by atomic mass is 35.5. The first-order valence-corrected chi connectivity index (χ1v) is 10.7. The smallest absolute Gasteiger partial charge is 0.189 e. The molecular formula is C23H26Cl2N2O3. The summed E-state index contributed by atoms with van der Waals surface area (Å²) in [5, 5.41) is 11.4. The van der Waals surface area contributed by atoms with Gasteiger partial charge in [-0.1, -0.05) is 29.3 Å². The summed E-state index contributed by atoms with van der Waals surface area (Å²) in [5.41, 5.74) is 1.81. The summed E-state index contributed by atoms with van der Waals surface area (Å²) < 4.78 is 5.72. The number of phenolic OH excluding ortho intramolecular Hbond substituents is 1. The molecule has 160 valence electrons. The molecule has 2 aromatic rings. The van der Waals surface area contributed by atoms with Crippen LogP contribution in [0.3, 0.4) is 0 Å². The van der Waals surface area contributed by atoms with Gasteiger partial charge in [0.05, 0.1) is 12.2 Å². The van der Waals surface area contributed by atoms with Crippen LogP contribution in [0.1, 0.15) is 28.4 Å². The summed E-state index contributed by atoms with van der Waals surface area (Å²) in [7, 11) is 2.11. The van der Waals surface area contributed by atoms with E-state index in [1.807, 2.05) is 6.92 Å². The van der Waals surface area contributed by atoms with Crippen LogP contribution in [0.5, 0.6) is 11.5 Å². The summed E-state index contributed by atoms with van der Waals surface area (Å²) in [5.74, 6) is 0.203. The number of aromatic hydroxyl groups is 1. The Morgan fingerprint density at radius 3 is 2.57 bits per heavy atom. The monoisotopic (exact) mass is 448 g/mol. The number of hydrogen-bond acceptors (Lipinski definition) is 5. The summed E-state index contributed by atoms with van der Waals surface area (Å²) in [4.78, 5) is 17.4. The topological polar surface area (TPSA) is 53.0 Å². The lowest BCUT2D eigenvalue weighted by Crippen LogP contribution is -2.43. The van der Waals surface area contributed by atoms with Gasteiger partial charge >= 0.3 is 0 Å². The summed E-state index contributed by atoms with van der Waals surface area (Å²) >= 11 is 12.1. The molecule has 0 bridgehead atoms. The first-order chi connectivity index (χ1) is 14.4. The van der Waals surface area contributed by atoms with Gasteiger partial charge in [0.15, 0.2) is 5.78 Å². The second-order valence-electron chi connectivity index (χ2n) is 7.35. The number of nitrogens with zero attached hydrogens (tertiary/aromatic N) is 2. The van der Waals surface area contributed by atoms with Crippen LogP contribution in [0.4, 0.5) is 0 Å². The molecule has 2 aromatic carbocycles. The average Bonchev–Trinajstić information content (AvgIpc) is 2.71. The Morgan fingerprint density at radius 1 is 1.17 bits per heavy atom. The van der Waals surface area contributed by atoms with Crippen LogP contribution in [0, 0.1) is 0 Å². The van der Waals surface area contributed by atoms with E-state index in [-0.39, 0.29) is 17.1 Å². The van der Waals surface area contributed by atoms with Gasteiger partial charge in [0.1, 0.15) is 11.5 Å². The standard InChI is InChI=1S/C23H26Cl2N2O3/c1-3-30-23-14-22(29)19(12-17(23)15-27-10-8-26(2)9-11-27)21(28)7-5-16-4-6-18(24)13-20(16)25/h4-7,12-14,29H,3,8-11,15H2,1-2H3/b7-5+. The van der Waals surface area contributed by atoms with E-state index in [2.05, 4.69) is 16.8 Å². The Labute approximate surface area is 187 Å². The Hall–Kier alpha value is -2.05. The van der Waals surface area contributed by atoms with Crippen LogP contribution in [0.15, 0.2) is 36.4 Å². The first-order valence-electron chi connectivity index (χ1n) is 9.94. The summed E-state index contributed by atoms with van der Waals surface area (Å²) in [6, 6.07) is 8.33. The minimum Gasteiger partial charge on any atom is -0.507 e. The number of rotatable bonds is 7. The number of hydrogen-bond donors (Lipinski definition) is 1. The van der Waals surface area contributed by atoms with E-state index in [0.717, 1.165) is 31.7 Å². The predicted octanol–water partition coefficient (Wildman–Crippen LogP) is 4.74. The molecule has 1 aliphatic heterocycles. The third-order valence-corrected chi connectivity index (χ3v) is 5.67. The number of phenols is 1. The maximum absolute atomic E-state index is 12.8. The molecule has 0 amide bonds. The number of benzene rings is 2. The van der Waals surface area contributed by atoms with Gasteiger partial charge in [0.25, 0.3) is 0 Å². The van der Waals surface area contributed by atoms with Crippen LogP contribution in [0.25, 0.3) is 6.08 Å². The van der Waals surface area contributed by atoms with E-state index in [4.69, 9.17) is 27.9 Å². The Bertz CT molecular complexity index is 938. The van der Waals surface area contributed by atoms with Crippen LogP contribution < -0.4 is 4.74 Å². The van der Waals surface area contributed by atoms with E-state index in [1.54, 1.807) is 30.3 Å². The molecule has 0 aromatic heterocycles. The number of likely N-dealkylation sites (N-methyl/N-ethyl adjacent to an activating group) is 1. The van der Waals surface area contributed by atoms with E-state index in [0.29, 0.717) is 34.5 Å². The van der Waals surface area contributed by atoms with Gasteiger partial charge < -0.3 is 14.7 Å². The van der Waals surface area contributed by atoms with Gasteiger partial charge in [-0.15, -0.1) is 0 Å². The zero-order valence-corrected chi connectivity index (χ0v) is 18.7. The highest BCUT2D eigenvalue weighted by molar-refractivity contribution is 6.35. The van der Waals surface area contributed by atoms with Crippen molar-refractivity contribution in [3.8, 4) is 11.5 Å². The molecular weight excluding hydrogens is 423 g/mol. The summed E-state index contributed by atoms with van der Waals surface area (Å²) in [6.07, 6.45) is 3.03. The lowest BCUT2D eigenvalue weighted by Gasteiger charge is -2.32. The zero-order valence-electron chi connectivity index (χ0n) is 17.2. The normalized spacial score (nSPS) is 15.6. The molecule has 0 atom stereocenters. The van der Waals surface area contributed by atoms with Gasteiger partial charge in [-0.25, -0.2) is 0 Å². The largest absolute Gasteiger partial charge is 0.507 e. The molecule has 1 heterocycles. The van der Waals surface area contributed by atoms with Gasteiger partial charge in [-0.2, -0.15) is 0 Å². The Kier molecular flexibility index (Phi) is 7.78. The molecule has 30 heavy (non-hydrogen) atoms. The molecule has 0 unspecified atom stereocenters. The average molecular weight is 449 g/mol. The molecule has 3 rings (SSSR count). The Morgan fingerprint density at radius 2 is 1.90 bits per heavy atom. The lowest BCUT2D eigenvalue weighted by atomic mass is 10.0. The van der Waals surface area contributed by atoms with Gasteiger partial charge in [0, 0.05) is 54.4 Å². The number of halogens is 2. The first kappa shape index (κ1) is 22.6. The maximum atomic E-state index is 12.8. The molecule has 1 saturated heterocycles. The fourth-order valence-electron chi connectivity index (χ4n) is 3.36. The molecule has 0 spiro atoms. The predicted molar refractivity (Wildman–Crippen MR) is 122 cm³/mol. The molecule has 1 N–H and O–H groups in total. The zero-order chi connectivity index (χ0) is 21.7. The Balaban J connectivity index is 1.84. The number of piperazine rings is 1. The van der Waals surface area contributed by atoms with Crippen LogP contribution in [-0.4, -0.2) is 60.5 Å². The van der Waals surface area contributed by atoms with E-state index in [9.17, 15) is 9.90 Å². The van der Waals surface area contributed by atoms with Crippen molar-refractivity contribution < 1.29 is 14.6 Å². The molecule has 1 aliphatic rings. The van der Waals surface area contributed by atoms with Crippen LogP contribution in [-0.2, 0) is 6.54 Å². The van der Waals surface area contributed by atoms with Crippen molar-refractivity contribution in [2.24, 2.45) is 0 Å². The lowest BCUT2D eigenvalue weighted by molar-refractivity contribution is 0.104. The van der Waals surface area contributed by atoms with Crippen LogP contribution in [0.2, 0.25) is 10.0 Å².